The number of nitrogen functional groups attached to an aromatic ring is 1. The monoisotopic (exact) mass is 243 g/mol. The molecule has 6 nitrogen and oxygen atoms in total. The normalized spacial score (nSPS) is 14.2. The smallest absolute Gasteiger partial charge is 0.145 e. The van der Waals surface area contributed by atoms with Gasteiger partial charge >= 0.3 is 0 Å². The number of thioether (sulfide) groups is 1. The lowest BCUT2D eigenvalue weighted by atomic mass is 10.1. The van der Waals surface area contributed by atoms with Gasteiger partial charge in [-0.2, -0.15) is 11.8 Å². The van der Waals surface area contributed by atoms with Gasteiger partial charge in [0.1, 0.15) is 18.0 Å². The summed E-state index contributed by atoms with van der Waals surface area (Å²) in [5.74, 6) is 7.05. The lowest BCUT2D eigenvalue weighted by molar-refractivity contribution is 0.0996. The zero-order chi connectivity index (χ0) is 12.0. The largest absolute Gasteiger partial charge is 0.387 e. The maximum atomic E-state index is 9.94. The van der Waals surface area contributed by atoms with Crippen LogP contribution in [-0.2, 0) is 0 Å². The Morgan fingerprint density at radius 3 is 2.81 bits per heavy atom. The first-order valence-electron chi connectivity index (χ1n) is 4.81. The Labute approximate surface area is 99.0 Å². The van der Waals surface area contributed by atoms with Crippen molar-refractivity contribution >= 4 is 23.4 Å². The summed E-state index contributed by atoms with van der Waals surface area (Å²) >= 11 is 1.60. The van der Waals surface area contributed by atoms with Crippen molar-refractivity contribution in [3.63, 3.8) is 0 Å². The highest BCUT2D eigenvalue weighted by molar-refractivity contribution is 7.98. The van der Waals surface area contributed by atoms with Crippen LogP contribution >= 0.6 is 11.8 Å². The fourth-order valence-corrected chi connectivity index (χ4v) is 1.90. The Morgan fingerprint density at radius 1 is 1.50 bits per heavy atom. The standard InChI is InChI=1S/C9H17N5OS/c1-9(15,5-16-2)4-11-7-3-8(14-10)13-6-12-7/h3,6,15H,4-5,10H2,1-2H3,(H2,11,12,13,14). The summed E-state index contributed by atoms with van der Waals surface area (Å²) in [4.78, 5) is 7.90. The minimum absolute atomic E-state index is 0.425. The number of nitrogens with zero attached hydrogens (tertiary/aromatic N) is 2. The van der Waals surface area contributed by atoms with E-state index in [1.807, 2.05) is 6.26 Å². The predicted molar refractivity (Wildman–Crippen MR) is 67.3 cm³/mol. The van der Waals surface area contributed by atoms with Gasteiger partial charge in [-0.25, -0.2) is 15.8 Å². The van der Waals surface area contributed by atoms with Crippen molar-refractivity contribution in [2.24, 2.45) is 5.84 Å². The number of hydrogen-bond donors (Lipinski definition) is 4. The lowest BCUT2D eigenvalue weighted by Crippen LogP contribution is -2.36. The molecule has 16 heavy (non-hydrogen) atoms. The van der Waals surface area contributed by atoms with E-state index in [0.717, 1.165) is 0 Å². The van der Waals surface area contributed by atoms with E-state index in [0.29, 0.717) is 23.9 Å². The summed E-state index contributed by atoms with van der Waals surface area (Å²) in [5.41, 5.74) is 1.67. The lowest BCUT2D eigenvalue weighted by Gasteiger charge is -2.22. The van der Waals surface area contributed by atoms with Crippen LogP contribution in [0.5, 0.6) is 0 Å². The van der Waals surface area contributed by atoms with E-state index in [1.54, 1.807) is 24.8 Å². The van der Waals surface area contributed by atoms with Gasteiger partial charge < -0.3 is 15.8 Å². The molecule has 0 spiro atoms. The number of hydrogen-bond acceptors (Lipinski definition) is 7. The molecule has 1 rings (SSSR count). The molecule has 1 heterocycles. The quantitative estimate of drug-likeness (QED) is 0.421. The Hall–Kier alpha value is -1.05. The van der Waals surface area contributed by atoms with E-state index in [-0.39, 0.29) is 0 Å². The zero-order valence-electron chi connectivity index (χ0n) is 9.40. The molecule has 0 saturated heterocycles. The average molecular weight is 243 g/mol. The van der Waals surface area contributed by atoms with Crippen LogP contribution in [0.25, 0.3) is 0 Å². The summed E-state index contributed by atoms with van der Waals surface area (Å²) in [6, 6.07) is 1.68. The number of nitrogens with one attached hydrogen (secondary N) is 2. The maximum Gasteiger partial charge on any atom is 0.145 e. The SMILES string of the molecule is CSCC(C)(O)CNc1cc(NN)ncn1. The summed E-state index contributed by atoms with van der Waals surface area (Å²) in [6.45, 7) is 2.20. The van der Waals surface area contributed by atoms with E-state index >= 15 is 0 Å². The number of anilines is 2. The molecular formula is C9H17N5OS. The minimum Gasteiger partial charge on any atom is -0.387 e. The molecule has 1 aromatic rings. The number of hydrazine groups is 1. The van der Waals surface area contributed by atoms with E-state index in [1.165, 1.54) is 6.33 Å². The molecule has 0 aromatic carbocycles. The predicted octanol–water partition coefficient (Wildman–Crippen LogP) is 0.288. The molecule has 0 bridgehead atoms. The van der Waals surface area contributed by atoms with Gasteiger partial charge in [-0.1, -0.05) is 0 Å². The molecule has 0 aliphatic rings. The molecule has 0 fully saturated rings. The van der Waals surface area contributed by atoms with E-state index < -0.39 is 5.60 Å². The van der Waals surface area contributed by atoms with Gasteiger partial charge in [0.05, 0.1) is 5.60 Å². The van der Waals surface area contributed by atoms with Crippen molar-refractivity contribution in [1.29, 1.82) is 0 Å². The first-order valence-corrected chi connectivity index (χ1v) is 6.20. The molecule has 0 aliphatic carbocycles. The topological polar surface area (TPSA) is 96.1 Å². The molecule has 0 saturated carbocycles. The third kappa shape index (κ3) is 4.21. The van der Waals surface area contributed by atoms with Crippen LogP contribution in [0.4, 0.5) is 11.6 Å². The molecule has 0 radical (unpaired) electrons. The number of aliphatic hydroxyl groups is 1. The fourth-order valence-electron chi connectivity index (χ4n) is 1.18. The van der Waals surface area contributed by atoms with E-state index in [4.69, 9.17) is 5.84 Å². The Bertz CT molecular complexity index is 333. The molecule has 1 aromatic heterocycles. The van der Waals surface area contributed by atoms with Crippen LogP contribution in [0.1, 0.15) is 6.92 Å². The van der Waals surface area contributed by atoms with E-state index in [2.05, 4.69) is 20.7 Å². The first-order chi connectivity index (χ1) is 7.57. The van der Waals surface area contributed by atoms with Crippen molar-refractivity contribution in [2.75, 3.05) is 29.3 Å². The fraction of sp³-hybridized carbons (Fsp3) is 0.556. The Kier molecular flexibility index (Phi) is 4.78. The maximum absolute atomic E-state index is 9.94. The van der Waals surface area contributed by atoms with Gasteiger partial charge in [0.25, 0.3) is 0 Å². The van der Waals surface area contributed by atoms with Gasteiger partial charge in [-0.3, -0.25) is 0 Å². The molecule has 90 valence electrons. The summed E-state index contributed by atoms with van der Waals surface area (Å²) < 4.78 is 0. The number of nitrogens with two attached hydrogens (primary N) is 1. The summed E-state index contributed by atoms with van der Waals surface area (Å²) in [7, 11) is 0. The molecule has 1 atom stereocenters. The van der Waals surface area contributed by atoms with Gasteiger partial charge in [-0.15, -0.1) is 0 Å². The molecule has 0 amide bonds. The van der Waals surface area contributed by atoms with Crippen molar-refractivity contribution < 1.29 is 5.11 Å². The van der Waals surface area contributed by atoms with Crippen molar-refractivity contribution in [2.45, 2.75) is 12.5 Å². The zero-order valence-corrected chi connectivity index (χ0v) is 10.2. The summed E-state index contributed by atoms with van der Waals surface area (Å²) in [6.07, 6.45) is 3.36. The second-order valence-electron chi connectivity index (χ2n) is 3.72. The van der Waals surface area contributed by atoms with Gasteiger partial charge in [0.15, 0.2) is 0 Å². The number of aromatic nitrogens is 2. The average Bonchev–Trinajstić information content (AvgIpc) is 2.27. The Morgan fingerprint density at radius 2 is 2.19 bits per heavy atom. The molecule has 5 N–H and O–H groups in total. The molecule has 7 heteroatoms. The highest BCUT2D eigenvalue weighted by atomic mass is 32.2. The second-order valence-corrected chi connectivity index (χ2v) is 4.58. The van der Waals surface area contributed by atoms with Crippen LogP contribution in [0.3, 0.4) is 0 Å². The minimum atomic E-state index is -0.763. The van der Waals surface area contributed by atoms with Crippen LogP contribution in [0, 0.1) is 0 Å². The van der Waals surface area contributed by atoms with Gasteiger partial charge in [-0.05, 0) is 13.2 Å². The second kappa shape index (κ2) is 5.88. The molecular weight excluding hydrogens is 226 g/mol. The molecule has 1 unspecified atom stereocenters. The van der Waals surface area contributed by atoms with Crippen molar-refractivity contribution in [3.05, 3.63) is 12.4 Å². The summed E-state index contributed by atoms with van der Waals surface area (Å²) in [5, 5.41) is 13.0. The number of rotatable bonds is 6. The van der Waals surface area contributed by atoms with Crippen LogP contribution in [-0.4, -0.2) is 39.2 Å². The van der Waals surface area contributed by atoms with Crippen molar-refractivity contribution in [1.82, 2.24) is 9.97 Å². The first kappa shape index (κ1) is 13.0. The molecule has 0 aliphatic heterocycles. The van der Waals surface area contributed by atoms with Gasteiger partial charge in [0, 0.05) is 18.4 Å². The highest BCUT2D eigenvalue weighted by Crippen LogP contribution is 2.13. The van der Waals surface area contributed by atoms with Gasteiger partial charge in [0.2, 0.25) is 0 Å². The third-order valence-electron chi connectivity index (χ3n) is 1.92. The van der Waals surface area contributed by atoms with E-state index in [9.17, 15) is 5.11 Å². The van der Waals surface area contributed by atoms with Crippen LogP contribution in [0.15, 0.2) is 12.4 Å². The van der Waals surface area contributed by atoms with Crippen molar-refractivity contribution in [3.8, 4) is 0 Å². The third-order valence-corrected chi connectivity index (χ3v) is 2.83. The Balaban J connectivity index is 2.53. The highest BCUT2D eigenvalue weighted by Gasteiger charge is 2.19. The van der Waals surface area contributed by atoms with Crippen LogP contribution in [0.2, 0.25) is 0 Å². The van der Waals surface area contributed by atoms with Crippen LogP contribution < -0.4 is 16.6 Å².